The SMILES string of the molecule is Cc1cccc(-n2cc(-c3ccccc3)c3c(Nc4cccc(F)c4)ncnc32)c1. The Bertz CT molecular complexity index is 1340. The first kappa shape index (κ1) is 18.1. The van der Waals surface area contributed by atoms with Crippen LogP contribution in [0.2, 0.25) is 0 Å². The maximum Gasteiger partial charge on any atom is 0.150 e. The third-order valence-electron chi connectivity index (χ3n) is 5.03. The molecule has 2 heterocycles. The molecule has 2 aromatic heterocycles. The number of hydrogen-bond acceptors (Lipinski definition) is 3. The van der Waals surface area contributed by atoms with Crippen LogP contribution in [0.3, 0.4) is 0 Å². The zero-order chi connectivity index (χ0) is 20.5. The van der Waals surface area contributed by atoms with Crippen LogP contribution >= 0.6 is 0 Å². The van der Waals surface area contributed by atoms with Crippen LogP contribution in [0.15, 0.2) is 91.4 Å². The van der Waals surface area contributed by atoms with E-state index >= 15 is 0 Å². The Morgan fingerprint density at radius 3 is 2.50 bits per heavy atom. The monoisotopic (exact) mass is 394 g/mol. The van der Waals surface area contributed by atoms with Gasteiger partial charge in [0.05, 0.1) is 5.39 Å². The van der Waals surface area contributed by atoms with Gasteiger partial charge in [0.1, 0.15) is 18.0 Å². The van der Waals surface area contributed by atoms with E-state index in [1.54, 1.807) is 6.07 Å². The van der Waals surface area contributed by atoms with Crippen LogP contribution in [0.5, 0.6) is 0 Å². The number of nitrogens with zero attached hydrogens (tertiary/aromatic N) is 3. The van der Waals surface area contributed by atoms with Crippen LogP contribution in [-0.2, 0) is 0 Å². The molecule has 146 valence electrons. The fourth-order valence-corrected chi connectivity index (χ4v) is 3.67. The molecule has 0 saturated heterocycles. The van der Waals surface area contributed by atoms with E-state index in [2.05, 4.69) is 63.3 Å². The topological polar surface area (TPSA) is 42.7 Å². The van der Waals surface area contributed by atoms with E-state index in [1.165, 1.54) is 24.0 Å². The predicted octanol–water partition coefficient (Wildman–Crippen LogP) is 6.28. The van der Waals surface area contributed by atoms with E-state index in [1.807, 2.05) is 30.3 Å². The van der Waals surface area contributed by atoms with Crippen molar-refractivity contribution in [3.63, 3.8) is 0 Å². The lowest BCUT2D eigenvalue weighted by Gasteiger charge is -2.09. The summed E-state index contributed by atoms with van der Waals surface area (Å²) in [6, 6.07) is 24.8. The summed E-state index contributed by atoms with van der Waals surface area (Å²) in [4.78, 5) is 9.08. The fourth-order valence-electron chi connectivity index (χ4n) is 3.67. The van der Waals surface area contributed by atoms with Crippen LogP contribution in [0.25, 0.3) is 27.8 Å². The maximum atomic E-state index is 13.7. The van der Waals surface area contributed by atoms with Crippen LogP contribution in [0, 0.1) is 12.7 Å². The highest BCUT2D eigenvalue weighted by atomic mass is 19.1. The van der Waals surface area contributed by atoms with Gasteiger partial charge in [0.2, 0.25) is 0 Å². The Morgan fingerprint density at radius 2 is 1.70 bits per heavy atom. The van der Waals surface area contributed by atoms with Gasteiger partial charge >= 0.3 is 0 Å². The van der Waals surface area contributed by atoms with Crippen LogP contribution in [-0.4, -0.2) is 14.5 Å². The molecule has 0 bridgehead atoms. The molecular weight excluding hydrogens is 375 g/mol. The summed E-state index contributed by atoms with van der Waals surface area (Å²) in [6.45, 7) is 2.07. The summed E-state index contributed by atoms with van der Waals surface area (Å²) in [7, 11) is 0. The van der Waals surface area contributed by atoms with Crippen molar-refractivity contribution in [3.05, 3.63) is 103 Å². The first-order chi connectivity index (χ1) is 14.7. The summed E-state index contributed by atoms with van der Waals surface area (Å²) < 4.78 is 15.8. The molecule has 0 radical (unpaired) electrons. The Balaban J connectivity index is 1.76. The second-order valence-corrected chi connectivity index (χ2v) is 7.17. The first-order valence-electron chi connectivity index (χ1n) is 9.70. The van der Waals surface area contributed by atoms with E-state index < -0.39 is 0 Å². The van der Waals surface area contributed by atoms with Crippen molar-refractivity contribution in [2.75, 3.05) is 5.32 Å². The van der Waals surface area contributed by atoms with Crippen molar-refractivity contribution in [3.8, 4) is 16.8 Å². The molecule has 3 aromatic carbocycles. The summed E-state index contributed by atoms with van der Waals surface area (Å²) in [5.74, 6) is 0.335. The lowest BCUT2D eigenvalue weighted by Crippen LogP contribution is -1.98. The summed E-state index contributed by atoms with van der Waals surface area (Å²) in [5.41, 5.74) is 5.68. The van der Waals surface area contributed by atoms with E-state index in [0.717, 1.165) is 27.8 Å². The quantitative estimate of drug-likeness (QED) is 0.390. The number of benzene rings is 3. The van der Waals surface area contributed by atoms with Crippen molar-refractivity contribution < 1.29 is 4.39 Å². The van der Waals surface area contributed by atoms with Crippen molar-refractivity contribution in [1.29, 1.82) is 0 Å². The Labute approximate surface area is 173 Å². The van der Waals surface area contributed by atoms with Gasteiger partial charge < -0.3 is 9.88 Å². The van der Waals surface area contributed by atoms with Crippen molar-refractivity contribution in [2.24, 2.45) is 0 Å². The second kappa shape index (κ2) is 7.44. The highest BCUT2D eigenvalue weighted by Gasteiger charge is 2.17. The Kier molecular flexibility index (Phi) is 4.48. The molecule has 0 amide bonds. The number of fused-ring (bicyclic) bond motifs is 1. The minimum Gasteiger partial charge on any atom is -0.339 e. The Morgan fingerprint density at radius 1 is 0.867 bits per heavy atom. The first-order valence-corrected chi connectivity index (χ1v) is 9.70. The van der Waals surface area contributed by atoms with Gasteiger partial charge in [0, 0.05) is 23.1 Å². The molecule has 0 unspecified atom stereocenters. The average molecular weight is 394 g/mol. The van der Waals surface area contributed by atoms with Crippen molar-refractivity contribution in [2.45, 2.75) is 6.92 Å². The van der Waals surface area contributed by atoms with Gasteiger partial charge in [-0.05, 0) is 48.4 Å². The summed E-state index contributed by atoms with van der Waals surface area (Å²) in [6.07, 6.45) is 3.62. The molecule has 30 heavy (non-hydrogen) atoms. The van der Waals surface area contributed by atoms with Crippen LogP contribution < -0.4 is 5.32 Å². The average Bonchev–Trinajstić information content (AvgIpc) is 3.15. The van der Waals surface area contributed by atoms with E-state index in [9.17, 15) is 4.39 Å². The minimum atomic E-state index is -0.300. The number of hydrogen-bond donors (Lipinski definition) is 1. The number of aryl methyl sites for hydroxylation is 1. The zero-order valence-corrected chi connectivity index (χ0v) is 16.4. The third kappa shape index (κ3) is 3.31. The van der Waals surface area contributed by atoms with Gasteiger partial charge in [-0.2, -0.15) is 0 Å². The largest absolute Gasteiger partial charge is 0.339 e. The molecule has 0 atom stereocenters. The van der Waals surface area contributed by atoms with Crippen molar-refractivity contribution in [1.82, 2.24) is 14.5 Å². The van der Waals surface area contributed by atoms with Crippen LogP contribution in [0.1, 0.15) is 5.56 Å². The summed E-state index contributed by atoms with van der Waals surface area (Å²) in [5, 5.41) is 4.15. The summed E-state index contributed by atoms with van der Waals surface area (Å²) >= 11 is 0. The molecule has 5 heteroatoms. The van der Waals surface area contributed by atoms with Gasteiger partial charge in [-0.3, -0.25) is 0 Å². The van der Waals surface area contributed by atoms with E-state index in [0.29, 0.717) is 11.5 Å². The minimum absolute atomic E-state index is 0.300. The Hall–Kier alpha value is -3.99. The van der Waals surface area contributed by atoms with Gasteiger partial charge in [-0.1, -0.05) is 48.5 Å². The lowest BCUT2D eigenvalue weighted by molar-refractivity contribution is 0.628. The van der Waals surface area contributed by atoms with E-state index in [-0.39, 0.29) is 5.82 Å². The van der Waals surface area contributed by atoms with Gasteiger partial charge in [0.25, 0.3) is 0 Å². The molecular formula is C25H19FN4. The molecule has 5 rings (SSSR count). The maximum absolute atomic E-state index is 13.7. The molecule has 0 saturated carbocycles. The number of aromatic nitrogens is 3. The molecule has 1 N–H and O–H groups in total. The number of anilines is 2. The van der Waals surface area contributed by atoms with Gasteiger partial charge in [-0.25, -0.2) is 14.4 Å². The predicted molar refractivity (Wildman–Crippen MR) is 119 cm³/mol. The highest BCUT2D eigenvalue weighted by Crippen LogP contribution is 2.36. The molecule has 0 aliphatic heterocycles. The molecule has 0 fully saturated rings. The lowest BCUT2D eigenvalue weighted by atomic mass is 10.1. The van der Waals surface area contributed by atoms with Gasteiger partial charge in [-0.15, -0.1) is 0 Å². The number of nitrogens with one attached hydrogen (secondary N) is 1. The molecule has 5 aromatic rings. The second-order valence-electron chi connectivity index (χ2n) is 7.17. The highest BCUT2D eigenvalue weighted by molar-refractivity contribution is 6.03. The fraction of sp³-hybridized carbons (Fsp3) is 0.0400. The van der Waals surface area contributed by atoms with E-state index in [4.69, 9.17) is 0 Å². The molecule has 0 spiro atoms. The standard InChI is InChI=1S/C25H19FN4/c1-17-7-5-12-21(13-17)30-15-22(18-8-3-2-4-9-18)23-24(27-16-28-25(23)30)29-20-11-6-10-19(26)14-20/h2-16H,1H3,(H,27,28,29). The normalized spacial score (nSPS) is 11.0. The van der Waals surface area contributed by atoms with Gasteiger partial charge in [0.15, 0.2) is 5.65 Å². The zero-order valence-electron chi connectivity index (χ0n) is 16.4. The number of halogens is 1. The molecule has 0 aliphatic rings. The number of rotatable bonds is 4. The molecule has 4 nitrogen and oxygen atoms in total. The van der Waals surface area contributed by atoms with Crippen LogP contribution in [0.4, 0.5) is 15.9 Å². The molecule has 0 aliphatic carbocycles. The smallest absolute Gasteiger partial charge is 0.150 e. The van der Waals surface area contributed by atoms with Crippen molar-refractivity contribution >= 4 is 22.5 Å². The third-order valence-corrected chi connectivity index (χ3v) is 5.03.